The van der Waals surface area contributed by atoms with Gasteiger partial charge in [0.15, 0.2) is 6.23 Å². The molecule has 1 aliphatic rings. The molecule has 0 radical (unpaired) electrons. The molecule has 6 N–H and O–H groups in total. The molecule has 4 rings (SSSR count). The van der Waals surface area contributed by atoms with Crippen LogP contribution in [-0.2, 0) is 23.4 Å². The number of carbonyl (C=O) groups excluding carboxylic acids is 1. The van der Waals surface area contributed by atoms with E-state index in [1.54, 1.807) is 30.0 Å². The van der Waals surface area contributed by atoms with Crippen LogP contribution in [0, 0.1) is 0 Å². The number of rotatable bonds is 9. The highest BCUT2D eigenvalue weighted by atomic mass is 31.2. The zero-order valence-electron chi connectivity index (χ0n) is 20.3. The number of anilines is 1. The van der Waals surface area contributed by atoms with Crippen LogP contribution in [0.5, 0.6) is 0 Å². The Hall–Kier alpha value is -2.87. The summed E-state index contributed by atoms with van der Waals surface area (Å²) in [6.07, 6.45) is 0.984. The molecule has 0 bridgehead atoms. The molecule has 0 spiro atoms. The molecule has 3 aromatic rings. The van der Waals surface area contributed by atoms with Crippen LogP contribution in [0.15, 0.2) is 24.8 Å². The smallest absolute Gasteiger partial charge is 0.323 e. The van der Waals surface area contributed by atoms with Gasteiger partial charge in [0.25, 0.3) is 7.52 Å². The average molecular weight is 523 g/mol. The highest BCUT2D eigenvalue weighted by Gasteiger charge is 2.54. The number of esters is 1. The van der Waals surface area contributed by atoms with Gasteiger partial charge in [-0.05, 0) is 26.8 Å². The van der Waals surface area contributed by atoms with Crippen LogP contribution in [0.25, 0.3) is 22.3 Å². The molecular formula is C21H30N7O7P. The van der Waals surface area contributed by atoms with Crippen LogP contribution < -0.4 is 10.8 Å². The molecule has 4 heterocycles. The predicted octanol–water partition coefficient (Wildman–Crippen LogP) is 0.794. The highest BCUT2D eigenvalue weighted by molar-refractivity contribution is 7.56. The molecule has 1 fully saturated rings. The topological polar surface area (TPSA) is 200 Å². The lowest BCUT2D eigenvalue weighted by atomic mass is 9.96. The summed E-state index contributed by atoms with van der Waals surface area (Å²) in [5, 5.41) is 32.1. The maximum absolute atomic E-state index is 12.9. The van der Waals surface area contributed by atoms with Gasteiger partial charge >= 0.3 is 5.97 Å². The molecular weight excluding hydrogens is 493 g/mol. The number of hydrogen-bond donors (Lipinski definition) is 5. The molecule has 6 atom stereocenters. The Balaban J connectivity index is 1.57. The monoisotopic (exact) mass is 523 g/mol. The van der Waals surface area contributed by atoms with Crippen molar-refractivity contribution in [3.05, 3.63) is 24.8 Å². The lowest BCUT2D eigenvalue weighted by molar-refractivity contribution is -0.144. The second-order valence-electron chi connectivity index (χ2n) is 8.82. The van der Waals surface area contributed by atoms with Gasteiger partial charge in [-0.3, -0.25) is 14.5 Å². The minimum Gasteiger partial charge on any atom is -0.465 e. The Kier molecular flexibility index (Phi) is 7.19. The van der Waals surface area contributed by atoms with Crippen molar-refractivity contribution < 1.29 is 33.6 Å². The average Bonchev–Trinajstić information content (AvgIpc) is 3.51. The lowest BCUT2D eigenvalue weighted by Crippen LogP contribution is -2.44. The number of aromatic amines is 1. The summed E-state index contributed by atoms with van der Waals surface area (Å²) in [5.74, 6) is -0.354. The summed E-state index contributed by atoms with van der Waals surface area (Å²) >= 11 is 0. The number of hydrogen-bond acceptors (Lipinski definition) is 11. The number of nitrogens with one attached hydrogen (secondary N) is 2. The van der Waals surface area contributed by atoms with Gasteiger partial charge in [0.05, 0.1) is 24.3 Å². The van der Waals surface area contributed by atoms with E-state index in [4.69, 9.17) is 19.7 Å². The SMILES string of the molecule is CCOC(=O)[C@H](C)NP(C)(=O)OC[C@H]1O[C@@H](n2cc(-c3ccn[nH]3)c3c(N)ncnc32)[C@](C)(O)[C@@H]1O. The number of fused-ring (bicyclic) bond motifs is 1. The highest BCUT2D eigenvalue weighted by Crippen LogP contribution is 2.45. The first-order valence-electron chi connectivity index (χ1n) is 11.3. The number of aliphatic hydroxyl groups excluding tert-OH is 1. The largest absolute Gasteiger partial charge is 0.465 e. The minimum atomic E-state index is -3.49. The van der Waals surface area contributed by atoms with Gasteiger partial charge in [-0.2, -0.15) is 5.10 Å². The summed E-state index contributed by atoms with van der Waals surface area (Å²) in [6.45, 7) is 5.75. The zero-order valence-corrected chi connectivity index (χ0v) is 21.2. The molecule has 3 aromatic heterocycles. The number of nitrogens with two attached hydrogens (primary N) is 1. The quantitative estimate of drug-likeness (QED) is 0.195. The van der Waals surface area contributed by atoms with Crippen molar-refractivity contribution in [3.8, 4) is 11.3 Å². The first-order chi connectivity index (χ1) is 17.0. The van der Waals surface area contributed by atoms with Crippen molar-refractivity contribution in [1.82, 2.24) is 29.8 Å². The van der Waals surface area contributed by atoms with E-state index in [2.05, 4.69) is 25.3 Å². The van der Waals surface area contributed by atoms with Crippen LogP contribution in [0.2, 0.25) is 0 Å². The molecule has 1 aliphatic heterocycles. The number of nitrogens with zero attached hydrogens (tertiary/aromatic N) is 4. The van der Waals surface area contributed by atoms with E-state index < -0.39 is 43.6 Å². The number of H-pyrrole nitrogens is 1. The summed E-state index contributed by atoms with van der Waals surface area (Å²) in [5.41, 5.74) is 5.99. The van der Waals surface area contributed by atoms with Crippen molar-refractivity contribution in [2.24, 2.45) is 0 Å². The van der Waals surface area contributed by atoms with Crippen molar-refractivity contribution in [2.75, 3.05) is 25.6 Å². The molecule has 1 unspecified atom stereocenters. The normalized spacial score (nSPS) is 26.7. The number of carbonyl (C=O) groups is 1. The van der Waals surface area contributed by atoms with E-state index in [0.29, 0.717) is 22.3 Å². The van der Waals surface area contributed by atoms with Gasteiger partial charge in [0.1, 0.15) is 41.6 Å². The number of aliphatic hydroxyl groups is 2. The Morgan fingerprint density at radius 3 is 2.89 bits per heavy atom. The first kappa shape index (κ1) is 26.2. The van der Waals surface area contributed by atoms with Crippen LogP contribution in [0.1, 0.15) is 27.0 Å². The Morgan fingerprint density at radius 1 is 1.47 bits per heavy atom. The van der Waals surface area contributed by atoms with Crippen molar-refractivity contribution in [2.45, 2.75) is 50.8 Å². The molecule has 196 valence electrons. The van der Waals surface area contributed by atoms with E-state index in [9.17, 15) is 19.6 Å². The molecule has 36 heavy (non-hydrogen) atoms. The molecule has 0 aromatic carbocycles. The summed E-state index contributed by atoms with van der Waals surface area (Å²) in [6, 6.07) is 0.872. The van der Waals surface area contributed by atoms with Gasteiger partial charge in [-0.15, -0.1) is 0 Å². The standard InChI is InChI=1S/C21H30N7O7P/c1-5-33-19(30)11(2)27-36(4,32)34-9-14-16(29)21(3,31)20(35-14)28-8-12(13-6-7-25-26-13)15-17(22)23-10-24-18(15)28/h6-8,10-11,14,16,20,29,31H,5,9H2,1-4H3,(H,25,26)(H,27,32)(H2,22,23,24)/t11-,14+,16+,20+,21+,36?/m0/s1. The maximum Gasteiger partial charge on any atom is 0.323 e. The second kappa shape index (κ2) is 9.88. The molecule has 14 nitrogen and oxygen atoms in total. The molecule has 0 amide bonds. The van der Waals surface area contributed by atoms with Crippen molar-refractivity contribution in [3.63, 3.8) is 0 Å². The van der Waals surface area contributed by atoms with Gasteiger partial charge in [0.2, 0.25) is 0 Å². The Morgan fingerprint density at radius 2 is 2.22 bits per heavy atom. The fourth-order valence-electron chi connectivity index (χ4n) is 4.20. The number of nitrogen functional groups attached to an aromatic ring is 1. The van der Waals surface area contributed by atoms with Gasteiger partial charge in [0, 0.05) is 24.6 Å². The predicted molar refractivity (Wildman–Crippen MR) is 129 cm³/mol. The van der Waals surface area contributed by atoms with E-state index in [1.165, 1.54) is 26.8 Å². The van der Waals surface area contributed by atoms with Crippen molar-refractivity contribution >= 4 is 30.3 Å². The molecule has 1 saturated heterocycles. The fourth-order valence-corrected chi connectivity index (χ4v) is 5.51. The van der Waals surface area contributed by atoms with Crippen LogP contribution in [0.3, 0.4) is 0 Å². The van der Waals surface area contributed by atoms with Crippen LogP contribution >= 0.6 is 7.52 Å². The van der Waals surface area contributed by atoms with Crippen LogP contribution in [0.4, 0.5) is 5.82 Å². The third-order valence-electron chi connectivity index (χ3n) is 5.99. The van der Waals surface area contributed by atoms with E-state index in [0.717, 1.165) is 0 Å². The third kappa shape index (κ3) is 4.88. The third-order valence-corrected chi connectivity index (χ3v) is 7.49. The minimum absolute atomic E-state index is 0.186. The van der Waals surface area contributed by atoms with Gasteiger partial charge in [-0.1, -0.05) is 0 Å². The Bertz CT molecular complexity index is 1280. The summed E-state index contributed by atoms with van der Waals surface area (Å²) in [4.78, 5) is 20.2. The zero-order chi connectivity index (χ0) is 26.3. The lowest BCUT2D eigenvalue weighted by Gasteiger charge is -2.27. The summed E-state index contributed by atoms with van der Waals surface area (Å²) in [7, 11) is -3.49. The number of aromatic nitrogens is 5. The molecule has 0 aliphatic carbocycles. The summed E-state index contributed by atoms with van der Waals surface area (Å²) < 4.78 is 30.8. The van der Waals surface area contributed by atoms with Gasteiger partial charge in [-0.25, -0.2) is 15.1 Å². The molecule has 0 saturated carbocycles. The molecule has 15 heteroatoms. The Labute approximate surface area is 206 Å². The van der Waals surface area contributed by atoms with Crippen LogP contribution in [-0.4, -0.2) is 84.6 Å². The van der Waals surface area contributed by atoms with E-state index in [1.807, 2.05) is 0 Å². The van der Waals surface area contributed by atoms with Gasteiger partial charge < -0.3 is 34.5 Å². The second-order valence-corrected chi connectivity index (χ2v) is 11.0. The fraction of sp³-hybridized carbons (Fsp3) is 0.524. The maximum atomic E-state index is 12.9. The van der Waals surface area contributed by atoms with Crippen molar-refractivity contribution in [1.29, 1.82) is 0 Å². The van der Waals surface area contributed by atoms with E-state index in [-0.39, 0.29) is 19.0 Å². The number of ether oxygens (including phenoxy) is 2. The first-order valence-corrected chi connectivity index (χ1v) is 13.4. The van der Waals surface area contributed by atoms with E-state index >= 15 is 0 Å².